The van der Waals surface area contributed by atoms with Gasteiger partial charge in [0, 0.05) is 19.6 Å². The number of anilines is 2. The zero-order valence-corrected chi connectivity index (χ0v) is 15.2. The predicted molar refractivity (Wildman–Crippen MR) is 99.4 cm³/mol. The van der Waals surface area contributed by atoms with Crippen LogP contribution in [0.2, 0.25) is 0 Å². The third-order valence-electron chi connectivity index (χ3n) is 4.23. The molecule has 0 spiro atoms. The SMILES string of the molecule is Cc1nc(N2C[C@@H](C)O[C@@H](C)C2)nc(NCc2ccccc2)c1[N+](=O)[O-]. The molecule has 138 valence electrons. The maximum atomic E-state index is 11.5. The van der Waals surface area contributed by atoms with Gasteiger partial charge in [-0.1, -0.05) is 30.3 Å². The molecule has 2 aromatic rings. The maximum absolute atomic E-state index is 11.5. The van der Waals surface area contributed by atoms with E-state index in [2.05, 4.69) is 15.3 Å². The van der Waals surface area contributed by atoms with Crippen LogP contribution in [-0.2, 0) is 11.3 Å². The molecule has 1 aromatic heterocycles. The second-order valence-corrected chi connectivity index (χ2v) is 6.56. The van der Waals surface area contributed by atoms with Crippen LogP contribution in [0.25, 0.3) is 0 Å². The zero-order chi connectivity index (χ0) is 18.7. The van der Waals surface area contributed by atoms with E-state index in [1.807, 2.05) is 49.1 Å². The van der Waals surface area contributed by atoms with Crippen LogP contribution in [0.4, 0.5) is 17.5 Å². The Morgan fingerprint density at radius 2 is 1.88 bits per heavy atom. The summed E-state index contributed by atoms with van der Waals surface area (Å²) in [5, 5.41) is 14.6. The molecule has 1 N–H and O–H groups in total. The Morgan fingerprint density at radius 1 is 1.23 bits per heavy atom. The average molecular weight is 357 g/mol. The Hall–Kier alpha value is -2.74. The molecule has 1 fully saturated rings. The number of nitrogens with zero attached hydrogens (tertiary/aromatic N) is 4. The summed E-state index contributed by atoms with van der Waals surface area (Å²) in [7, 11) is 0. The Morgan fingerprint density at radius 3 is 2.50 bits per heavy atom. The fourth-order valence-corrected chi connectivity index (χ4v) is 3.16. The van der Waals surface area contributed by atoms with E-state index < -0.39 is 4.92 Å². The summed E-state index contributed by atoms with van der Waals surface area (Å²) in [6, 6.07) is 9.70. The van der Waals surface area contributed by atoms with Gasteiger partial charge in [-0.15, -0.1) is 0 Å². The molecule has 2 heterocycles. The number of ether oxygens (including phenoxy) is 1. The van der Waals surface area contributed by atoms with Crippen LogP contribution in [0.1, 0.15) is 25.1 Å². The molecular formula is C18H23N5O3. The van der Waals surface area contributed by atoms with Crippen LogP contribution in [0.3, 0.4) is 0 Å². The van der Waals surface area contributed by atoms with Gasteiger partial charge in [-0.3, -0.25) is 10.1 Å². The number of morpholine rings is 1. The average Bonchev–Trinajstić information content (AvgIpc) is 2.59. The van der Waals surface area contributed by atoms with Gasteiger partial charge in [0.2, 0.25) is 11.8 Å². The molecule has 1 saturated heterocycles. The van der Waals surface area contributed by atoms with Gasteiger partial charge >= 0.3 is 5.69 Å². The molecule has 2 atom stereocenters. The largest absolute Gasteiger partial charge is 0.372 e. The lowest BCUT2D eigenvalue weighted by Gasteiger charge is -2.35. The molecule has 8 heteroatoms. The molecular weight excluding hydrogens is 334 g/mol. The lowest BCUT2D eigenvalue weighted by atomic mass is 10.2. The van der Waals surface area contributed by atoms with Crippen molar-refractivity contribution in [3.05, 3.63) is 51.7 Å². The van der Waals surface area contributed by atoms with Gasteiger partial charge in [-0.2, -0.15) is 4.98 Å². The van der Waals surface area contributed by atoms with Crippen LogP contribution in [0.5, 0.6) is 0 Å². The Kier molecular flexibility index (Phi) is 5.32. The van der Waals surface area contributed by atoms with Crippen molar-refractivity contribution in [2.45, 2.75) is 39.5 Å². The van der Waals surface area contributed by atoms with Crippen molar-refractivity contribution < 1.29 is 9.66 Å². The van der Waals surface area contributed by atoms with Crippen LogP contribution in [0.15, 0.2) is 30.3 Å². The van der Waals surface area contributed by atoms with E-state index in [0.29, 0.717) is 31.3 Å². The topological polar surface area (TPSA) is 93.4 Å². The van der Waals surface area contributed by atoms with E-state index in [0.717, 1.165) is 5.56 Å². The van der Waals surface area contributed by atoms with Crippen molar-refractivity contribution in [2.24, 2.45) is 0 Å². The molecule has 0 radical (unpaired) electrons. The lowest BCUT2D eigenvalue weighted by molar-refractivity contribution is -0.385. The number of aryl methyl sites for hydroxylation is 1. The predicted octanol–water partition coefficient (Wildman–Crippen LogP) is 2.92. The zero-order valence-electron chi connectivity index (χ0n) is 15.2. The van der Waals surface area contributed by atoms with Crippen molar-refractivity contribution >= 4 is 17.5 Å². The fraction of sp³-hybridized carbons (Fsp3) is 0.444. The third kappa shape index (κ3) is 4.08. The number of aromatic nitrogens is 2. The van der Waals surface area contributed by atoms with E-state index in [9.17, 15) is 10.1 Å². The highest BCUT2D eigenvalue weighted by atomic mass is 16.6. The molecule has 26 heavy (non-hydrogen) atoms. The van der Waals surface area contributed by atoms with E-state index in [-0.39, 0.29) is 23.7 Å². The molecule has 3 rings (SSSR count). The first-order chi connectivity index (χ1) is 12.4. The minimum absolute atomic E-state index is 0.0542. The second-order valence-electron chi connectivity index (χ2n) is 6.56. The van der Waals surface area contributed by atoms with Crippen LogP contribution in [-0.4, -0.2) is 40.2 Å². The number of nitro groups is 1. The number of benzene rings is 1. The van der Waals surface area contributed by atoms with Crippen molar-refractivity contribution in [2.75, 3.05) is 23.3 Å². The first-order valence-corrected chi connectivity index (χ1v) is 8.65. The summed E-state index contributed by atoms with van der Waals surface area (Å²) < 4.78 is 5.74. The van der Waals surface area contributed by atoms with Gasteiger partial charge in [0.25, 0.3) is 0 Å². The highest BCUT2D eigenvalue weighted by molar-refractivity contribution is 5.61. The molecule has 1 aliphatic rings. The summed E-state index contributed by atoms with van der Waals surface area (Å²) in [6.45, 7) is 7.39. The van der Waals surface area contributed by atoms with E-state index in [1.54, 1.807) is 6.92 Å². The molecule has 0 bridgehead atoms. The van der Waals surface area contributed by atoms with Crippen molar-refractivity contribution in [3.63, 3.8) is 0 Å². The van der Waals surface area contributed by atoms with E-state index in [1.165, 1.54) is 0 Å². The molecule has 0 aliphatic carbocycles. The van der Waals surface area contributed by atoms with Crippen LogP contribution >= 0.6 is 0 Å². The molecule has 0 unspecified atom stereocenters. The minimum Gasteiger partial charge on any atom is -0.372 e. The number of rotatable bonds is 5. The summed E-state index contributed by atoms with van der Waals surface area (Å²) in [6.07, 6.45) is 0.108. The Bertz CT molecular complexity index is 774. The smallest absolute Gasteiger partial charge is 0.332 e. The van der Waals surface area contributed by atoms with Crippen molar-refractivity contribution in [3.8, 4) is 0 Å². The molecule has 8 nitrogen and oxygen atoms in total. The Balaban J connectivity index is 1.90. The monoisotopic (exact) mass is 357 g/mol. The van der Waals surface area contributed by atoms with Gasteiger partial charge in [0.1, 0.15) is 5.69 Å². The van der Waals surface area contributed by atoms with Crippen molar-refractivity contribution in [1.82, 2.24) is 9.97 Å². The normalized spacial score (nSPS) is 20.0. The van der Waals surface area contributed by atoms with Crippen LogP contribution < -0.4 is 10.2 Å². The number of hydrogen-bond acceptors (Lipinski definition) is 7. The molecule has 1 aliphatic heterocycles. The molecule has 0 amide bonds. The standard InChI is InChI=1S/C18H23N5O3/c1-12-10-22(11-13(2)26-12)18-20-14(3)16(23(24)25)17(21-18)19-9-15-7-5-4-6-8-15/h4-8,12-13H,9-11H2,1-3H3,(H,19,20,21)/t12-,13+. The lowest BCUT2D eigenvalue weighted by Crippen LogP contribution is -2.46. The number of hydrogen-bond donors (Lipinski definition) is 1. The third-order valence-corrected chi connectivity index (χ3v) is 4.23. The van der Waals surface area contributed by atoms with Crippen molar-refractivity contribution in [1.29, 1.82) is 0 Å². The first kappa shape index (κ1) is 18.1. The van der Waals surface area contributed by atoms with Gasteiger partial charge < -0.3 is 15.0 Å². The quantitative estimate of drug-likeness (QED) is 0.649. The number of nitrogens with one attached hydrogen (secondary N) is 1. The maximum Gasteiger partial charge on any atom is 0.332 e. The highest BCUT2D eigenvalue weighted by Crippen LogP contribution is 2.29. The van der Waals surface area contributed by atoms with Gasteiger partial charge in [-0.05, 0) is 26.3 Å². The summed E-state index contributed by atoms with van der Waals surface area (Å²) in [5.74, 6) is 0.735. The fourth-order valence-electron chi connectivity index (χ4n) is 3.16. The molecule has 0 saturated carbocycles. The molecule has 1 aromatic carbocycles. The van der Waals surface area contributed by atoms with E-state index in [4.69, 9.17) is 4.74 Å². The van der Waals surface area contributed by atoms with Gasteiger partial charge in [0.15, 0.2) is 0 Å². The summed E-state index contributed by atoms with van der Waals surface area (Å²) >= 11 is 0. The van der Waals surface area contributed by atoms with Gasteiger partial charge in [-0.25, -0.2) is 4.98 Å². The minimum atomic E-state index is -0.434. The Labute approximate surface area is 152 Å². The van der Waals surface area contributed by atoms with Crippen LogP contribution in [0, 0.1) is 17.0 Å². The van der Waals surface area contributed by atoms with E-state index >= 15 is 0 Å². The summed E-state index contributed by atoms with van der Waals surface area (Å²) in [5.41, 5.74) is 1.29. The highest BCUT2D eigenvalue weighted by Gasteiger charge is 2.28. The first-order valence-electron chi connectivity index (χ1n) is 8.65. The van der Waals surface area contributed by atoms with Gasteiger partial charge in [0.05, 0.1) is 17.1 Å². The second kappa shape index (κ2) is 7.65. The summed E-state index contributed by atoms with van der Waals surface area (Å²) in [4.78, 5) is 21.9.